The second-order valence-corrected chi connectivity index (χ2v) is 7.07. The molecule has 20 heavy (non-hydrogen) atoms. The van der Waals surface area contributed by atoms with Gasteiger partial charge in [-0.15, -0.1) is 0 Å². The molecule has 0 saturated carbocycles. The summed E-state index contributed by atoms with van der Waals surface area (Å²) in [4.78, 5) is 4.42. The van der Waals surface area contributed by atoms with E-state index < -0.39 is 10.0 Å². The Morgan fingerprint density at radius 1 is 1.15 bits per heavy atom. The van der Waals surface area contributed by atoms with Crippen LogP contribution in [0.4, 0.5) is 0 Å². The van der Waals surface area contributed by atoms with Crippen molar-refractivity contribution in [3.8, 4) is 0 Å². The molecule has 102 valence electrons. The summed E-state index contributed by atoms with van der Waals surface area (Å²) in [6, 6.07) is 11.4. The summed E-state index contributed by atoms with van der Waals surface area (Å²) in [5.41, 5.74) is 1.00. The first-order chi connectivity index (χ1) is 9.50. The van der Waals surface area contributed by atoms with Crippen LogP contribution in [0.1, 0.15) is 0 Å². The first-order valence-electron chi connectivity index (χ1n) is 5.64. The molecule has 0 unspecified atom stereocenters. The largest absolute Gasteiger partial charge is 0.268 e. The lowest BCUT2D eigenvalue weighted by Gasteiger charge is -2.07. The van der Waals surface area contributed by atoms with Crippen molar-refractivity contribution >= 4 is 48.6 Å². The van der Waals surface area contributed by atoms with Crippen LogP contribution in [0.25, 0.3) is 11.0 Å². The lowest BCUT2D eigenvalue weighted by Crippen LogP contribution is -2.11. The van der Waals surface area contributed by atoms with Gasteiger partial charge in [-0.25, -0.2) is 17.4 Å². The Morgan fingerprint density at radius 2 is 1.85 bits per heavy atom. The average molecular weight is 372 g/mol. The van der Waals surface area contributed by atoms with Gasteiger partial charge in [0.2, 0.25) is 0 Å². The van der Waals surface area contributed by atoms with Crippen molar-refractivity contribution in [1.82, 2.24) is 8.96 Å². The normalized spacial score (nSPS) is 11.9. The second-order valence-electron chi connectivity index (χ2n) is 4.10. The molecule has 0 bridgehead atoms. The van der Waals surface area contributed by atoms with Crippen LogP contribution in [0, 0.1) is 0 Å². The summed E-state index contributed by atoms with van der Waals surface area (Å²) >= 11 is 9.21. The summed E-state index contributed by atoms with van der Waals surface area (Å²) in [6.45, 7) is 0. The average Bonchev–Trinajstić information content (AvgIpc) is 2.84. The van der Waals surface area contributed by atoms with Crippen molar-refractivity contribution < 1.29 is 8.42 Å². The van der Waals surface area contributed by atoms with E-state index in [1.807, 2.05) is 0 Å². The molecule has 0 aliphatic carbocycles. The molecule has 0 fully saturated rings. The van der Waals surface area contributed by atoms with Gasteiger partial charge in [-0.05, 0) is 40.2 Å². The molecule has 0 saturated heterocycles. The van der Waals surface area contributed by atoms with Gasteiger partial charge in [0.15, 0.2) is 0 Å². The number of nitrogens with zero attached hydrogens (tertiary/aromatic N) is 2. The van der Waals surface area contributed by atoms with Crippen molar-refractivity contribution in [1.29, 1.82) is 0 Å². The molecule has 2 aromatic heterocycles. The molecule has 0 spiro atoms. The van der Waals surface area contributed by atoms with Crippen LogP contribution >= 0.6 is 27.5 Å². The van der Waals surface area contributed by atoms with E-state index in [2.05, 4.69) is 20.9 Å². The SMILES string of the molecule is O=S(=O)(c1ccccc1)n1ccc2nc(Br)c(Cl)cc21. The number of aromatic nitrogens is 2. The summed E-state index contributed by atoms with van der Waals surface area (Å²) in [5.74, 6) is 0. The van der Waals surface area contributed by atoms with Gasteiger partial charge in [0.1, 0.15) is 4.60 Å². The molecule has 0 aliphatic heterocycles. The Kier molecular flexibility index (Phi) is 3.32. The topological polar surface area (TPSA) is 52.0 Å². The van der Waals surface area contributed by atoms with E-state index in [0.29, 0.717) is 20.7 Å². The fourth-order valence-electron chi connectivity index (χ4n) is 1.90. The van der Waals surface area contributed by atoms with Crippen molar-refractivity contribution in [3.05, 3.63) is 58.3 Å². The number of rotatable bonds is 2. The lowest BCUT2D eigenvalue weighted by atomic mass is 10.4. The molecule has 7 heteroatoms. The van der Waals surface area contributed by atoms with Gasteiger partial charge in [0.05, 0.1) is 21.0 Å². The third-order valence-corrected chi connectivity index (χ3v) is 5.67. The van der Waals surface area contributed by atoms with E-state index in [4.69, 9.17) is 11.6 Å². The van der Waals surface area contributed by atoms with Crippen molar-refractivity contribution in [2.45, 2.75) is 4.90 Å². The molecule has 2 heterocycles. The van der Waals surface area contributed by atoms with Crippen molar-refractivity contribution in [2.75, 3.05) is 0 Å². The highest BCUT2D eigenvalue weighted by molar-refractivity contribution is 9.10. The van der Waals surface area contributed by atoms with Crippen LogP contribution in [0.3, 0.4) is 0 Å². The lowest BCUT2D eigenvalue weighted by molar-refractivity contribution is 0.589. The Hall–Kier alpha value is -1.37. The summed E-state index contributed by atoms with van der Waals surface area (Å²) < 4.78 is 26.8. The van der Waals surface area contributed by atoms with Crippen LogP contribution in [0.15, 0.2) is 58.2 Å². The molecule has 1 aromatic carbocycles. The zero-order valence-corrected chi connectivity index (χ0v) is 13.2. The maximum Gasteiger partial charge on any atom is 0.268 e. The minimum atomic E-state index is -3.65. The van der Waals surface area contributed by atoms with E-state index >= 15 is 0 Å². The number of benzene rings is 1. The van der Waals surface area contributed by atoms with Gasteiger partial charge in [0.25, 0.3) is 10.0 Å². The minimum Gasteiger partial charge on any atom is -0.239 e. The molecule has 3 rings (SSSR count). The van der Waals surface area contributed by atoms with Crippen LogP contribution in [-0.2, 0) is 10.0 Å². The molecule has 0 N–H and O–H groups in total. The predicted octanol–water partition coefficient (Wildman–Crippen LogP) is 3.69. The molecule has 3 aromatic rings. The highest BCUT2D eigenvalue weighted by atomic mass is 79.9. The number of hydrogen-bond acceptors (Lipinski definition) is 3. The summed E-state index contributed by atoms with van der Waals surface area (Å²) in [7, 11) is -3.65. The summed E-state index contributed by atoms with van der Waals surface area (Å²) in [6.07, 6.45) is 1.47. The highest BCUT2D eigenvalue weighted by Gasteiger charge is 2.19. The fourth-order valence-corrected chi connectivity index (χ4v) is 3.71. The molecule has 0 amide bonds. The zero-order valence-electron chi connectivity index (χ0n) is 9.99. The van der Waals surface area contributed by atoms with Gasteiger partial charge >= 0.3 is 0 Å². The van der Waals surface area contributed by atoms with Gasteiger partial charge in [0, 0.05) is 6.20 Å². The quantitative estimate of drug-likeness (QED) is 0.646. The van der Waals surface area contributed by atoms with E-state index in [0.717, 1.165) is 0 Å². The van der Waals surface area contributed by atoms with Crippen LogP contribution in [0.2, 0.25) is 5.02 Å². The number of halogens is 2. The van der Waals surface area contributed by atoms with Gasteiger partial charge in [-0.1, -0.05) is 29.8 Å². The van der Waals surface area contributed by atoms with E-state index in [1.54, 1.807) is 42.5 Å². The fraction of sp³-hybridized carbons (Fsp3) is 0. The Balaban J connectivity index is 2.28. The summed E-state index contributed by atoms with van der Waals surface area (Å²) in [5, 5.41) is 0.362. The molecular weight excluding hydrogens is 364 g/mol. The monoisotopic (exact) mass is 370 g/mol. The third kappa shape index (κ3) is 2.13. The minimum absolute atomic E-state index is 0.219. The molecular formula is C13H8BrClN2O2S. The van der Waals surface area contributed by atoms with Crippen LogP contribution < -0.4 is 0 Å². The van der Waals surface area contributed by atoms with Crippen LogP contribution in [0.5, 0.6) is 0 Å². The smallest absolute Gasteiger partial charge is 0.239 e. The Morgan fingerprint density at radius 3 is 2.55 bits per heavy atom. The van der Waals surface area contributed by atoms with Crippen LogP contribution in [-0.4, -0.2) is 17.4 Å². The third-order valence-electron chi connectivity index (χ3n) is 2.85. The first kappa shape index (κ1) is 13.6. The molecule has 0 atom stereocenters. The Labute approximate surface area is 129 Å². The number of hydrogen-bond donors (Lipinski definition) is 0. The standard InChI is InChI=1S/C13H8BrClN2O2S/c14-13-10(15)8-12-11(16-13)6-7-17(12)20(18,19)9-4-2-1-3-5-9/h1-8H. The van der Waals surface area contributed by atoms with Gasteiger partial charge in [-0.3, -0.25) is 0 Å². The molecule has 0 radical (unpaired) electrons. The van der Waals surface area contributed by atoms with Crippen molar-refractivity contribution in [3.63, 3.8) is 0 Å². The zero-order chi connectivity index (χ0) is 14.3. The maximum atomic E-state index is 12.6. The van der Waals surface area contributed by atoms with E-state index in [-0.39, 0.29) is 4.90 Å². The Bertz CT molecular complexity index is 891. The second kappa shape index (κ2) is 4.87. The molecule has 4 nitrogen and oxygen atoms in total. The predicted molar refractivity (Wildman–Crippen MR) is 81.5 cm³/mol. The number of fused-ring (bicyclic) bond motifs is 1. The van der Waals surface area contributed by atoms with E-state index in [9.17, 15) is 8.42 Å². The van der Waals surface area contributed by atoms with Gasteiger partial charge < -0.3 is 0 Å². The van der Waals surface area contributed by atoms with Crippen molar-refractivity contribution in [2.24, 2.45) is 0 Å². The first-order valence-corrected chi connectivity index (χ1v) is 8.25. The molecule has 0 aliphatic rings. The maximum absolute atomic E-state index is 12.6. The highest BCUT2D eigenvalue weighted by Crippen LogP contribution is 2.27. The van der Waals surface area contributed by atoms with E-state index in [1.165, 1.54) is 10.2 Å². The van der Waals surface area contributed by atoms with Gasteiger partial charge in [-0.2, -0.15) is 0 Å². The number of pyridine rings is 1.